The number of hydrogen-bond acceptors (Lipinski definition) is 1. The van der Waals surface area contributed by atoms with Crippen LogP contribution < -0.4 is 0 Å². The fourth-order valence-electron chi connectivity index (χ4n) is 2.13. The first-order valence-corrected chi connectivity index (χ1v) is 7.56. The van der Waals surface area contributed by atoms with Crippen LogP contribution in [0, 0.1) is 5.92 Å². The van der Waals surface area contributed by atoms with E-state index in [1.807, 2.05) is 6.08 Å². The molecule has 0 fully saturated rings. The van der Waals surface area contributed by atoms with E-state index in [0.29, 0.717) is 0 Å². The summed E-state index contributed by atoms with van der Waals surface area (Å²) in [6.45, 7) is 4.62. The predicted molar refractivity (Wildman–Crippen MR) is 77.4 cm³/mol. The fourth-order valence-corrected chi connectivity index (χ4v) is 2.13. The molecule has 102 valence electrons. The topological polar surface area (TPSA) is 20.2 Å². The summed E-state index contributed by atoms with van der Waals surface area (Å²) in [5.41, 5.74) is 0. The molecule has 0 rings (SSSR count). The molecule has 0 aliphatic heterocycles. The van der Waals surface area contributed by atoms with Crippen LogP contribution in [-0.4, -0.2) is 5.11 Å². The molecule has 0 unspecified atom stereocenters. The number of aliphatic hydroxyl groups is 1. The lowest BCUT2D eigenvalue weighted by Crippen LogP contribution is -1.87. The molecule has 0 aromatic carbocycles. The smallest absolute Gasteiger partial charge is 0.0751 e. The standard InChI is InChI=1S/C16H32O/c1-16(2)14-12-10-8-6-4-3-5-7-9-11-13-15-17/h13,15-17H,3-12,14H2,1-2H3. The Morgan fingerprint density at radius 1 is 0.765 bits per heavy atom. The highest BCUT2D eigenvalue weighted by molar-refractivity contribution is 4.70. The van der Waals surface area contributed by atoms with Gasteiger partial charge in [-0.1, -0.05) is 77.7 Å². The van der Waals surface area contributed by atoms with E-state index in [2.05, 4.69) is 13.8 Å². The van der Waals surface area contributed by atoms with E-state index in [4.69, 9.17) is 5.11 Å². The minimum atomic E-state index is 0.878. The van der Waals surface area contributed by atoms with Crippen LogP contribution >= 0.6 is 0 Å². The summed E-state index contributed by atoms with van der Waals surface area (Å²) in [4.78, 5) is 0. The van der Waals surface area contributed by atoms with Crippen molar-refractivity contribution in [1.29, 1.82) is 0 Å². The summed E-state index contributed by atoms with van der Waals surface area (Å²) in [7, 11) is 0. The Balaban J connectivity index is 2.94. The Morgan fingerprint density at radius 2 is 1.24 bits per heavy atom. The lowest BCUT2D eigenvalue weighted by molar-refractivity contribution is 0.469. The van der Waals surface area contributed by atoms with E-state index < -0.39 is 0 Å². The minimum absolute atomic E-state index is 0.878. The zero-order valence-electron chi connectivity index (χ0n) is 12.0. The van der Waals surface area contributed by atoms with Gasteiger partial charge in [0.15, 0.2) is 0 Å². The zero-order valence-corrected chi connectivity index (χ0v) is 12.0. The van der Waals surface area contributed by atoms with Gasteiger partial charge in [0.2, 0.25) is 0 Å². The Morgan fingerprint density at radius 3 is 1.71 bits per heavy atom. The van der Waals surface area contributed by atoms with Gasteiger partial charge in [-0.25, -0.2) is 0 Å². The van der Waals surface area contributed by atoms with Crippen LogP contribution in [0.1, 0.15) is 84.5 Å². The van der Waals surface area contributed by atoms with Gasteiger partial charge in [-0.15, -0.1) is 0 Å². The van der Waals surface area contributed by atoms with Crippen molar-refractivity contribution in [2.75, 3.05) is 0 Å². The van der Waals surface area contributed by atoms with Gasteiger partial charge >= 0.3 is 0 Å². The first kappa shape index (κ1) is 16.5. The Bertz CT molecular complexity index is 161. The third kappa shape index (κ3) is 15.5. The molecule has 0 aliphatic rings. The Kier molecular flexibility index (Phi) is 13.2. The van der Waals surface area contributed by atoms with E-state index in [9.17, 15) is 0 Å². The maximum Gasteiger partial charge on any atom is 0.0751 e. The monoisotopic (exact) mass is 240 g/mol. The average Bonchev–Trinajstić information content (AvgIpc) is 2.30. The van der Waals surface area contributed by atoms with Crippen molar-refractivity contribution in [3.8, 4) is 0 Å². The van der Waals surface area contributed by atoms with Gasteiger partial charge in [-0.3, -0.25) is 0 Å². The van der Waals surface area contributed by atoms with Gasteiger partial charge in [0.05, 0.1) is 6.26 Å². The molecule has 0 heterocycles. The van der Waals surface area contributed by atoms with E-state index in [-0.39, 0.29) is 0 Å². The second-order valence-corrected chi connectivity index (χ2v) is 5.54. The lowest BCUT2D eigenvalue weighted by atomic mass is 10.0. The molecule has 0 amide bonds. The number of hydrogen-bond donors (Lipinski definition) is 1. The predicted octanol–water partition coefficient (Wildman–Crippen LogP) is 6.01. The van der Waals surface area contributed by atoms with Gasteiger partial charge in [-0.05, 0) is 18.8 Å². The van der Waals surface area contributed by atoms with Crippen molar-refractivity contribution in [3.63, 3.8) is 0 Å². The molecule has 0 bridgehead atoms. The van der Waals surface area contributed by atoms with E-state index in [0.717, 1.165) is 18.6 Å². The fraction of sp³-hybridized carbons (Fsp3) is 0.875. The molecule has 0 saturated heterocycles. The van der Waals surface area contributed by atoms with Gasteiger partial charge in [-0.2, -0.15) is 0 Å². The summed E-state index contributed by atoms with van der Waals surface area (Å²) in [6.07, 6.45) is 17.9. The molecular weight excluding hydrogens is 208 g/mol. The summed E-state index contributed by atoms with van der Waals surface area (Å²) in [5.74, 6) is 0.878. The number of aliphatic hydroxyl groups excluding tert-OH is 1. The molecule has 0 aromatic rings. The third-order valence-corrected chi connectivity index (χ3v) is 3.26. The number of allylic oxidation sites excluding steroid dienone is 1. The van der Waals surface area contributed by atoms with E-state index in [1.54, 1.807) is 0 Å². The largest absolute Gasteiger partial charge is 0.516 e. The molecule has 0 spiro atoms. The molecule has 0 aromatic heterocycles. The second-order valence-electron chi connectivity index (χ2n) is 5.54. The maximum atomic E-state index is 8.46. The molecule has 0 saturated carbocycles. The van der Waals surface area contributed by atoms with Crippen LogP contribution in [0.5, 0.6) is 0 Å². The normalized spacial score (nSPS) is 11.7. The van der Waals surface area contributed by atoms with Crippen LogP contribution in [0.2, 0.25) is 0 Å². The highest BCUT2D eigenvalue weighted by atomic mass is 16.2. The number of unbranched alkanes of at least 4 members (excludes halogenated alkanes) is 9. The Labute approximate surface area is 108 Å². The molecule has 0 radical (unpaired) electrons. The molecule has 0 atom stereocenters. The van der Waals surface area contributed by atoms with Crippen LogP contribution in [0.15, 0.2) is 12.3 Å². The van der Waals surface area contributed by atoms with E-state index in [1.165, 1.54) is 64.2 Å². The van der Waals surface area contributed by atoms with Crippen LogP contribution in [0.3, 0.4) is 0 Å². The molecular formula is C16H32O. The number of rotatable bonds is 12. The SMILES string of the molecule is CC(C)CCCCCCCCCCCC=CO. The first-order chi connectivity index (χ1) is 8.27. The molecule has 17 heavy (non-hydrogen) atoms. The van der Waals surface area contributed by atoms with Gasteiger partial charge < -0.3 is 5.11 Å². The van der Waals surface area contributed by atoms with E-state index >= 15 is 0 Å². The highest BCUT2D eigenvalue weighted by Crippen LogP contribution is 2.13. The molecule has 1 N–H and O–H groups in total. The third-order valence-electron chi connectivity index (χ3n) is 3.26. The summed E-state index contributed by atoms with van der Waals surface area (Å²) < 4.78 is 0. The van der Waals surface area contributed by atoms with Gasteiger partial charge in [0.1, 0.15) is 0 Å². The quantitative estimate of drug-likeness (QED) is 0.327. The second kappa shape index (κ2) is 13.6. The van der Waals surface area contributed by atoms with Crippen molar-refractivity contribution in [2.45, 2.75) is 84.5 Å². The van der Waals surface area contributed by atoms with Crippen molar-refractivity contribution in [3.05, 3.63) is 12.3 Å². The average molecular weight is 240 g/mol. The van der Waals surface area contributed by atoms with Crippen molar-refractivity contribution in [2.24, 2.45) is 5.92 Å². The maximum absolute atomic E-state index is 8.46. The van der Waals surface area contributed by atoms with Crippen molar-refractivity contribution in [1.82, 2.24) is 0 Å². The summed E-state index contributed by atoms with van der Waals surface area (Å²) in [6, 6.07) is 0. The van der Waals surface area contributed by atoms with Crippen LogP contribution in [0.25, 0.3) is 0 Å². The molecule has 1 heteroatoms. The van der Waals surface area contributed by atoms with Crippen LogP contribution in [-0.2, 0) is 0 Å². The molecule has 0 aliphatic carbocycles. The van der Waals surface area contributed by atoms with Crippen molar-refractivity contribution >= 4 is 0 Å². The van der Waals surface area contributed by atoms with Crippen molar-refractivity contribution < 1.29 is 5.11 Å². The van der Waals surface area contributed by atoms with Crippen LogP contribution in [0.4, 0.5) is 0 Å². The summed E-state index contributed by atoms with van der Waals surface area (Å²) in [5, 5.41) is 8.46. The highest BCUT2D eigenvalue weighted by Gasteiger charge is 1.95. The van der Waals surface area contributed by atoms with Gasteiger partial charge in [0, 0.05) is 0 Å². The minimum Gasteiger partial charge on any atom is -0.516 e. The Hall–Kier alpha value is -0.460. The first-order valence-electron chi connectivity index (χ1n) is 7.56. The van der Waals surface area contributed by atoms with Gasteiger partial charge in [0.25, 0.3) is 0 Å². The molecule has 1 nitrogen and oxygen atoms in total. The summed E-state index contributed by atoms with van der Waals surface area (Å²) >= 11 is 0. The lowest BCUT2D eigenvalue weighted by Gasteiger charge is -2.04. The zero-order chi connectivity index (χ0) is 12.8.